The minimum absolute atomic E-state index is 0.0559. The lowest BCUT2D eigenvalue weighted by atomic mass is 9.81. The highest BCUT2D eigenvalue weighted by Gasteiger charge is 2.51. The standard InChI is InChI=1S/C11H10N2O4/c14-10-11(4-5-17-6-11)7-2-1-3-8(13(15)16)9(7)12-10/h1-3H,4-6H2,(H,12,14). The van der Waals surface area contributed by atoms with Gasteiger partial charge in [-0.05, 0) is 6.42 Å². The molecule has 1 aromatic rings. The van der Waals surface area contributed by atoms with Gasteiger partial charge in [0, 0.05) is 18.2 Å². The molecule has 1 fully saturated rings. The van der Waals surface area contributed by atoms with Gasteiger partial charge in [-0.3, -0.25) is 14.9 Å². The quantitative estimate of drug-likeness (QED) is 0.584. The topological polar surface area (TPSA) is 81.5 Å². The van der Waals surface area contributed by atoms with E-state index in [0.29, 0.717) is 30.9 Å². The minimum Gasteiger partial charge on any atom is -0.380 e. The van der Waals surface area contributed by atoms with Gasteiger partial charge in [0.1, 0.15) is 11.1 Å². The number of amides is 1. The van der Waals surface area contributed by atoms with Gasteiger partial charge in [-0.2, -0.15) is 0 Å². The normalized spacial score (nSPS) is 26.0. The molecule has 1 N–H and O–H groups in total. The first-order valence-electron chi connectivity index (χ1n) is 5.32. The number of anilines is 1. The van der Waals surface area contributed by atoms with Crippen molar-refractivity contribution in [3.8, 4) is 0 Å². The average Bonchev–Trinajstić information content (AvgIpc) is 2.88. The molecule has 1 saturated heterocycles. The summed E-state index contributed by atoms with van der Waals surface area (Å²) < 4.78 is 5.28. The maximum Gasteiger partial charge on any atom is 0.293 e. The fourth-order valence-electron chi connectivity index (χ4n) is 2.53. The van der Waals surface area contributed by atoms with Gasteiger partial charge < -0.3 is 10.1 Å². The minimum atomic E-state index is -0.721. The van der Waals surface area contributed by atoms with E-state index in [2.05, 4.69) is 5.32 Å². The Labute approximate surface area is 96.7 Å². The van der Waals surface area contributed by atoms with Gasteiger partial charge in [0.2, 0.25) is 5.91 Å². The number of nitro benzene ring substituents is 1. The van der Waals surface area contributed by atoms with Gasteiger partial charge in [-0.15, -0.1) is 0 Å². The number of nitro groups is 1. The molecule has 2 aliphatic heterocycles. The molecule has 1 amide bonds. The molecule has 1 unspecified atom stereocenters. The number of para-hydroxylation sites is 1. The molecule has 3 rings (SSSR count). The summed E-state index contributed by atoms with van der Waals surface area (Å²) in [6.45, 7) is 0.808. The molecular formula is C11H10N2O4. The third kappa shape index (κ3) is 1.21. The Morgan fingerprint density at radius 1 is 1.47 bits per heavy atom. The van der Waals surface area contributed by atoms with Gasteiger partial charge in [-0.25, -0.2) is 0 Å². The predicted molar refractivity (Wildman–Crippen MR) is 58.8 cm³/mol. The first kappa shape index (κ1) is 10.2. The molecule has 88 valence electrons. The number of hydrogen-bond donors (Lipinski definition) is 1. The molecule has 0 saturated carbocycles. The van der Waals surface area contributed by atoms with Crippen molar-refractivity contribution in [2.24, 2.45) is 0 Å². The molecular weight excluding hydrogens is 224 g/mol. The lowest BCUT2D eigenvalue weighted by Crippen LogP contribution is -2.34. The van der Waals surface area contributed by atoms with Crippen molar-refractivity contribution in [2.45, 2.75) is 11.8 Å². The third-order valence-electron chi connectivity index (χ3n) is 3.45. The van der Waals surface area contributed by atoms with E-state index < -0.39 is 10.3 Å². The number of nitrogens with one attached hydrogen (secondary N) is 1. The summed E-state index contributed by atoms with van der Waals surface area (Å²) in [5.41, 5.74) is 0.239. The second-order valence-corrected chi connectivity index (χ2v) is 4.30. The van der Waals surface area contributed by atoms with Crippen LogP contribution in [-0.4, -0.2) is 24.0 Å². The summed E-state index contributed by atoms with van der Waals surface area (Å²) in [6, 6.07) is 4.76. The van der Waals surface area contributed by atoms with Gasteiger partial charge >= 0.3 is 0 Å². The van der Waals surface area contributed by atoms with Gasteiger partial charge in [-0.1, -0.05) is 12.1 Å². The van der Waals surface area contributed by atoms with Crippen LogP contribution >= 0.6 is 0 Å². The van der Waals surface area contributed by atoms with Crippen molar-refractivity contribution in [3.05, 3.63) is 33.9 Å². The molecule has 1 spiro atoms. The Hall–Kier alpha value is -1.95. The van der Waals surface area contributed by atoms with Crippen LogP contribution in [-0.2, 0) is 14.9 Å². The largest absolute Gasteiger partial charge is 0.380 e. The zero-order valence-electron chi connectivity index (χ0n) is 8.93. The lowest BCUT2D eigenvalue weighted by molar-refractivity contribution is -0.383. The van der Waals surface area contributed by atoms with Gasteiger partial charge in [0.25, 0.3) is 5.69 Å². The molecule has 0 aliphatic carbocycles. The molecule has 1 atom stereocenters. The number of hydrogen-bond acceptors (Lipinski definition) is 4. The van der Waals surface area contributed by atoms with E-state index in [-0.39, 0.29) is 11.6 Å². The summed E-state index contributed by atoms with van der Waals surface area (Å²) in [5.74, 6) is -0.195. The smallest absolute Gasteiger partial charge is 0.293 e. The first-order valence-corrected chi connectivity index (χ1v) is 5.32. The Morgan fingerprint density at radius 2 is 2.29 bits per heavy atom. The molecule has 0 bridgehead atoms. The van der Waals surface area contributed by atoms with Gasteiger partial charge in [0.05, 0.1) is 11.5 Å². The molecule has 0 aromatic heterocycles. The first-order chi connectivity index (χ1) is 8.15. The maximum atomic E-state index is 12.0. The van der Waals surface area contributed by atoms with Crippen LogP contribution in [0.4, 0.5) is 11.4 Å². The number of carbonyl (C=O) groups excluding carboxylic acids is 1. The van der Waals surface area contributed by atoms with Crippen LogP contribution in [0.3, 0.4) is 0 Å². The number of carbonyl (C=O) groups is 1. The molecule has 6 heteroatoms. The van der Waals surface area contributed by atoms with Crippen molar-refractivity contribution < 1.29 is 14.5 Å². The summed E-state index contributed by atoms with van der Waals surface area (Å²) in [7, 11) is 0. The zero-order valence-corrected chi connectivity index (χ0v) is 8.93. The van der Waals surface area contributed by atoms with Crippen molar-refractivity contribution in [3.63, 3.8) is 0 Å². The Balaban J connectivity index is 2.21. The fraction of sp³-hybridized carbons (Fsp3) is 0.364. The summed E-state index contributed by atoms with van der Waals surface area (Å²) in [5, 5.41) is 13.5. The monoisotopic (exact) mass is 234 g/mol. The highest BCUT2D eigenvalue weighted by Crippen LogP contribution is 2.46. The van der Waals surface area contributed by atoms with E-state index in [1.165, 1.54) is 6.07 Å². The number of rotatable bonds is 1. The number of ether oxygens (including phenoxy) is 1. The highest BCUT2D eigenvalue weighted by atomic mass is 16.6. The van der Waals surface area contributed by atoms with E-state index in [4.69, 9.17) is 4.74 Å². The van der Waals surface area contributed by atoms with E-state index in [1.807, 2.05) is 0 Å². The molecule has 2 aliphatic rings. The van der Waals surface area contributed by atoms with Crippen LogP contribution in [0.15, 0.2) is 18.2 Å². The molecule has 1 aromatic carbocycles. The molecule has 0 radical (unpaired) electrons. The van der Waals surface area contributed by atoms with E-state index in [9.17, 15) is 14.9 Å². The van der Waals surface area contributed by atoms with Crippen molar-refractivity contribution >= 4 is 17.3 Å². The van der Waals surface area contributed by atoms with Crippen LogP contribution < -0.4 is 5.32 Å². The Bertz CT molecular complexity index is 520. The van der Waals surface area contributed by atoms with Crippen LogP contribution in [0.25, 0.3) is 0 Å². The summed E-state index contributed by atoms with van der Waals surface area (Å²) in [6.07, 6.45) is 0.576. The summed E-state index contributed by atoms with van der Waals surface area (Å²) in [4.78, 5) is 22.4. The fourth-order valence-corrected chi connectivity index (χ4v) is 2.53. The highest BCUT2D eigenvalue weighted by molar-refractivity contribution is 6.08. The molecule has 6 nitrogen and oxygen atoms in total. The third-order valence-corrected chi connectivity index (χ3v) is 3.45. The molecule has 17 heavy (non-hydrogen) atoms. The maximum absolute atomic E-state index is 12.0. The van der Waals surface area contributed by atoms with Crippen molar-refractivity contribution in [1.82, 2.24) is 0 Å². The predicted octanol–water partition coefficient (Wildman–Crippen LogP) is 1.20. The second-order valence-electron chi connectivity index (χ2n) is 4.30. The number of nitrogens with zero attached hydrogens (tertiary/aromatic N) is 1. The lowest BCUT2D eigenvalue weighted by Gasteiger charge is -2.17. The molecule has 2 heterocycles. The van der Waals surface area contributed by atoms with Crippen LogP contribution in [0.1, 0.15) is 12.0 Å². The number of benzene rings is 1. The Morgan fingerprint density at radius 3 is 2.94 bits per heavy atom. The van der Waals surface area contributed by atoms with E-state index in [0.717, 1.165) is 0 Å². The van der Waals surface area contributed by atoms with Crippen LogP contribution in [0, 0.1) is 10.1 Å². The second kappa shape index (κ2) is 3.27. The van der Waals surface area contributed by atoms with Crippen LogP contribution in [0.5, 0.6) is 0 Å². The van der Waals surface area contributed by atoms with Crippen molar-refractivity contribution in [1.29, 1.82) is 0 Å². The number of fused-ring (bicyclic) bond motifs is 2. The SMILES string of the molecule is O=C1Nc2c([N+](=O)[O-])cccc2C12CCOC2. The summed E-state index contributed by atoms with van der Waals surface area (Å²) >= 11 is 0. The Kier molecular flexibility index (Phi) is 1.97. The van der Waals surface area contributed by atoms with Crippen LogP contribution in [0.2, 0.25) is 0 Å². The van der Waals surface area contributed by atoms with E-state index >= 15 is 0 Å². The average molecular weight is 234 g/mol. The van der Waals surface area contributed by atoms with Gasteiger partial charge in [0.15, 0.2) is 0 Å². The van der Waals surface area contributed by atoms with E-state index in [1.54, 1.807) is 12.1 Å². The zero-order chi connectivity index (χ0) is 12.0. The van der Waals surface area contributed by atoms with Crippen molar-refractivity contribution in [2.75, 3.05) is 18.5 Å².